The number of benzene rings is 1. The third-order valence-corrected chi connectivity index (χ3v) is 2.51. The normalized spacial score (nSPS) is 15.2. The molecule has 0 spiro atoms. The van der Waals surface area contributed by atoms with Gasteiger partial charge >= 0.3 is 0 Å². The van der Waals surface area contributed by atoms with Crippen LogP contribution < -0.4 is 0 Å². The molecule has 0 fully saturated rings. The fourth-order valence-corrected chi connectivity index (χ4v) is 1.94. The molecule has 0 bridgehead atoms. The number of hydrogen-bond donors (Lipinski definition) is 0. The maximum atomic E-state index is 2.38. The Labute approximate surface area is 73.4 Å². The monoisotopic (exact) mass is 160 g/mol. The first kappa shape index (κ1) is 7.53. The fraction of sp³-hybridized carbons (Fsp3) is 0.364. The van der Waals surface area contributed by atoms with Crippen molar-refractivity contribution in [1.82, 2.24) is 0 Å². The van der Waals surface area contributed by atoms with Gasteiger partial charge in [-0.25, -0.2) is 0 Å². The molecule has 1 aromatic carbocycles. The van der Waals surface area contributed by atoms with E-state index < -0.39 is 0 Å². The Morgan fingerprint density at radius 1 is 1.33 bits per heavy atom. The van der Waals surface area contributed by atoms with Gasteiger partial charge in [0.1, 0.15) is 6.54 Å². The highest BCUT2D eigenvalue weighted by atomic mass is 15.0. The van der Waals surface area contributed by atoms with Crippen molar-refractivity contribution >= 4 is 11.4 Å². The van der Waals surface area contributed by atoms with Crippen LogP contribution in [0.5, 0.6) is 0 Å². The van der Waals surface area contributed by atoms with Crippen LogP contribution in [-0.4, -0.2) is 16.8 Å². The first-order chi connectivity index (χ1) is 5.83. The van der Waals surface area contributed by atoms with Crippen LogP contribution in [0.25, 0.3) is 0 Å². The van der Waals surface area contributed by atoms with Gasteiger partial charge in [-0.05, 0) is 6.92 Å². The summed E-state index contributed by atoms with van der Waals surface area (Å²) in [5, 5.41) is 0. The van der Waals surface area contributed by atoms with Crippen LogP contribution in [0.15, 0.2) is 24.3 Å². The Morgan fingerprint density at radius 2 is 2.08 bits per heavy atom. The van der Waals surface area contributed by atoms with Crippen molar-refractivity contribution < 1.29 is 4.58 Å². The van der Waals surface area contributed by atoms with E-state index in [1.54, 1.807) is 0 Å². The van der Waals surface area contributed by atoms with E-state index in [4.69, 9.17) is 0 Å². The summed E-state index contributed by atoms with van der Waals surface area (Å²) in [5.41, 5.74) is 4.34. The second-order valence-corrected chi connectivity index (χ2v) is 3.29. The third-order valence-electron chi connectivity index (χ3n) is 2.51. The van der Waals surface area contributed by atoms with Gasteiger partial charge in [-0.3, -0.25) is 0 Å². The van der Waals surface area contributed by atoms with Gasteiger partial charge in [0, 0.05) is 18.6 Å². The molecule has 0 N–H and O–H groups in total. The average molecular weight is 160 g/mol. The second kappa shape index (κ2) is 2.74. The summed E-state index contributed by atoms with van der Waals surface area (Å²) in [6.45, 7) is 5.50. The molecule has 1 aliphatic rings. The van der Waals surface area contributed by atoms with Crippen molar-refractivity contribution in [3.8, 4) is 0 Å². The Balaban J connectivity index is 2.53. The number of nitrogens with zero attached hydrogens (tertiary/aromatic N) is 1. The van der Waals surface area contributed by atoms with Crippen LogP contribution in [-0.2, 0) is 6.42 Å². The Kier molecular flexibility index (Phi) is 1.72. The van der Waals surface area contributed by atoms with E-state index in [1.807, 2.05) is 0 Å². The predicted octanol–water partition coefficient (Wildman–Crippen LogP) is 2.37. The largest absolute Gasteiger partial charge is 0.208 e. The summed E-state index contributed by atoms with van der Waals surface area (Å²) in [4.78, 5) is 0. The predicted molar refractivity (Wildman–Crippen MR) is 51.3 cm³/mol. The lowest BCUT2D eigenvalue weighted by atomic mass is 10.1. The van der Waals surface area contributed by atoms with Crippen molar-refractivity contribution in [2.75, 3.05) is 6.54 Å². The van der Waals surface area contributed by atoms with Gasteiger partial charge in [-0.15, -0.1) is 0 Å². The second-order valence-electron chi connectivity index (χ2n) is 3.29. The molecule has 0 saturated carbocycles. The van der Waals surface area contributed by atoms with Crippen molar-refractivity contribution in [2.45, 2.75) is 20.3 Å². The van der Waals surface area contributed by atoms with Gasteiger partial charge in [0.15, 0.2) is 5.71 Å². The zero-order valence-electron chi connectivity index (χ0n) is 7.67. The van der Waals surface area contributed by atoms with Crippen LogP contribution in [0.2, 0.25) is 0 Å². The minimum atomic E-state index is 1.09. The van der Waals surface area contributed by atoms with E-state index in [2.05, 4.69) is 42.7 Å². The quantitative estimate of drug-likeness (QED) is 0.555. The fourth-order valence-electron chi connectivity index (χ4n) is 1.94. The first-order valence-electron chi connectivity index (χ1n) is 4.51. The van der Waals surface area contributed by atoms with Gasteiger partial charge < -0.3 is 0 Å². The topological polar surface area (TPSA) is 3.01 Å². The molecule has 0 aromatic heterocycles. The SMILES string of the molecule is CC[N+]1=C(C)Cc2ccccc21. The molecule has 1 nitrogen and oxygen atoms in total. The van der Waals surface area contributed by atoms with Crippen LogP contribution in [0, 0.1) is 0 Å². The zero-order chi connectivity index (χ0) is 8.55. The highest BCUT2D eigenvalue weighted by Gasteiger charge is 2.24. The van der Waals surface area contributed by atoms with Gasteiger partial charge in [-0.1, -0.05) is 18.2 Å². The molecular formula is C11H14N+. The molecule has 1 heteroatoms. The van der Waals surface area contributed by atoms with Gasteiger partial charge in [0.25, 0.3) is 0 Å². The Morgan fingerprint density at radius 3 is 2.83 bits per heavy atom. The van der Waals surface area contributed by atoms with Crippen LogP contribution in [0.3, 0.4) is 0 Å². The van der Waals surface area contributed by atoms with E-state index in [-0.39, 0.29) is 0 Å². The number of hydrogen-bond acceptors (Lipinski definition) is 0. The summed E-state index contributed by atoms with van der Waals surface area (Å²) >= 11 is 0. The van der Waals surface area contributed by atoms with Gasteiger partial charge in [0.05, 0.1) is 6.42 Å². The molecular weight excluding hydrogens is 146 g/mol. The molecule has 0 unspecified atom stereocenters. The van der Waals surface area contributed by atoms with Gasteiger partial charge in [-0.2, -0.15) is 4.58 Å². The summed E-state index contributed by atoms with van der Waals surface area (Å²) in [6, 6.07) is 8.65. The Hall–Kier alpha value is -1.11. The summed E-state index contributed by atoms with van der Waals surface area (Å²) in [7, 11) is 0. The molecule has 2 rings (SSSR count). The molecule has 12 heavy (non-hydrogen) atoms. The molecule has 0 radical (unpaired) electrons. The molecule has 0 saturated heterocycles. The number of rotatable bonds is 1. The van der Waals surface area contributed by atoms with Crippen molar-refractivity contribution in [3.05, 3.63) is 29.8 Å². The van der Waals surface area contributed by atoms with Crippen molar-refractivity contribution in [3.63, 3.8) is 0 Å². The standard InChI is InChI=1S/C11H14N/c1-3-12-9(2)8-10-6-4-5-7-11(10)12/h4-7H,3,8H2,1-2H3/q+1. The molecule has 62 valence electrons. The molecule has 0 atom stereocenters. The maximum Gasteiger partial charge on any atom is 0.208 e. The van der Waals surface area contributed by atoms with E-state index in [0.717, 1.165) is 13.0 Å². The third kappa shape index (κ3) is 0.970. The molecule has 1 heterocycles. The minimum absolute atomic E-state index is 1.09. The molecule has 0 amide bonds. The first-order valence-corrected chi connectivity index (χ1v) is 4.51. The lowest BCUT2D eigenvalue weighted by Gasteiger charge is -1.96. The molecule has 1 aliphatic heterocycles. The van der Waals surface area contributed by atoms with Crippen molar-refractivity contribution in [2.24, 2.45) is 0 Å². The lowest BCUT2D eigenvalue weighted by molar-refractivity contribution is -0.433. The smallest absolute Gasteiger partial charge is 0.200 e. The van der Waals surface area contributed by atoms with E-state index in [9.17, 15) is 0 Å². The number of para-hydroxylation sites is 1. The zero-order valence-corrected chi connectivity index (χ0v) is 7.67. The van der Waals surface area contributed by atoms with E-state index in [0.29, 0.717) is 0 Å². The summed E-state index contributed by atoms with van der Waals surface area (Å²) < 4.78 is 2.38. The van der Waals surface area contributed by atoms with Crippen LogP contribution in [0.4, 0.5) is 5.69 Å². The molecule has 1 aromatic rings. The lowest BCUT2D eigenvalue weighted by Crippen LogP contribution is -2.08. The van der Waals surface area contributed by atoms with Crippen LogP contribution in [0.1, 0.15) is 19.4 Å². The summed E-state index contributed by atoms with van der Waals surface area (Å²) in [6.07, 6.45) is 1.13. The highest BCUT2D eigenvalue weighted by Crippen LogP contribution is 2.25. The van der Waals surface area contributed by atoms with Crippen LogP contribution >= 0.6 is 0 Å². The minimum Gasteiger partial charge on any atom is -0.200 e. The Bertz CT molecular complexity index is 337. The highest BCUT2D eigenvalue weighted by molar-refractivity contribution is 5.84. The number of fused-ring (bicyclic) bond motifs is 1. The van der Waals surface area contributed by atoms with Crippen molar-refractivity contribution in [1.29, 1.82) is 0 Å². The maximum absolute atomic E-state index is 2.38. The summed E-state index contributed by atoms with van der Waals surface area (Å²) in [5.74, 6) is 0. The van der Waals surface area contributed by atoms with Gasteiger partial charge in [0.2, 0.25) is 5.69 Å². The molecule has 0 aliphatic carbocycles. The van der Waals surface area contributed by atoms with E-state index in [1.165, 1.54) is 17.0 Å². The van der Waals surface area contributed by atoms with E-state index >= 15 is 0 Å². The average Bonchev–Trinajstić information content (AvgIpc) is 2.40.